The number of carbonyl (C=O) groups excluding carboxylic acids is 2. The zero-order valence-electron chi connectivity index (χ0n) is 14.0. The van der Waals surface area contributed by atoms with Gasteiger partial charge in [-0.1, -0.05) is 11.8 Å². The molecule has 2 aromatic rings. The van der Waals surface area contributed by atoms with Crippen LogP contribution in [0.5, 0.6) is 0 Å². The highest BCUT2D eigenvalue weighted by atomic mass is 32.2. The molecular weight excluding hydrogens is 358 g/mol. The van der Waals surface area contributed by atoms with Gasteiger partial charge in [0.05, 0.1) is 5.39 Å². The van der Waals surface area contributed by atoms with Gasteiger partial charge in [-0.2, -0.15) is 0 Å². The third-order valence-corrected chi connectivity index (χ3v) is 7.05. The first-order chi connectivity index (χ1) is 12.1. The van der Waals surface area contributed by atoms with Crippen molar-refractivity contribution in [3.8, 4) is 0 Å². The van der Waals surface area contributed by atoms with E-state index in [0.29, 0.717) is 30.3 Å². The van der Waals surface area contributed by atoms with Crippen molar-refractivity contribution in [2.45, 2.75) is 43.7 Å². The van der Waals surface area contributed by atoms with E-state index in [-0.39, 0.29) is 17.4 Å². The van der Waals surface area contributed by atoms with Crippen LogP contribution >= 0.6 is 23.1 Å². The van der Waals surface area contributed by atoms with Crippen LogP contribution in [0.3, 0.4) is 0 Å². The van der Waals surface area contributed by atoms with Crippen LogP contribution < -0.4 is 5.56 Å². The number of rotatable bonds is 4. The van der Waals surface area contributed by atoms with E-state index in [1.54, 1.807) is 23.0 Å². The fourth-order valence-corrected chi connectivity index (χ4v) is 5.70. The van der Waals surface area contributed by atoms with Crippen molar-refractivity contribution in [1.29, 1.82) is 0 Å². The van der Waals surface area contributed by atoms with Crippen LogP contribution in [0.25, 0.3) is 10.2 Å². The van der Waals surface area contributed by atoms with E-state index in [0.717, 1.165) is 29.5 Å². The summed E-state index contributed by atoms with van der Waals surface area (Å²) in [4.78, 5) is 44.3. The van der Waals surface area contributed by atoms with Gasteiger partial charge in [-0.3, -0.25) is 23.9 Å². The molecule has 1 aliphatic carbocycles. The Bertz CT molecular complexity index is 915. The highest BCUT2D eigenvalue weighted by Crippen LogP contribution is 2.34. The van der Waals surface area contributed by atoms with E-state index in [4.69, 9.17) is 4.98 Å². The summed E-state index contributed by atoms with van der Waals surface area (Å²) in [6, 6.07) is 0. The van der Waals surface area contributed by atoms with Crippen molar-refractivity contribution in [1.82, 2.24) is 14.5 Å². The number of aryl methyl sites for hydroxylation is 2. The molecule has 0 aromatic carbocycles. The van der Waals surface area contributed by atoms with Gasteiger partial charge in [0.2, 0.25) is 11.8 Å². The van der Waals surface area contributed by atoms with Gasteiger partial charge < -0.3 is 0 Å². The Morgan fingerprint density at radius 3 is 2.56 bits per heavy atom. The molecule has 0 atom stereocenters. The van der Waals surface area contributed by atoms with Crippen LogP contribution in [0.4, 0.5) is 0 Å². The number of likely N-dealkylation sites (tertiary alicyclic amines) is 1. The van der Waals surface area contributed by atoms with Crippen LogP contribution in [0.15, 0.2) is 9.95 Å². The van der Waals surface area contributed by atoms with Gasteiger partial charge in [-0.05, 0) is 31.2 Å². The maximum atomic E-state index is 12.8. The molecule has 0 saturated carbocycles. The molecule has 0 bridgehead atoms. The van der Waals surface area contributed by atoms with Crippen LogP contribution in [0.1, 0.15) is 36.1 Å². The zero-order chi connectivity index (χ0) is 17.6. The minimum Gasteiger partial charge on any atom is -0.290 e. The van der Waals surface area contributed by atoms with Crippen molar-refractivity contribution < 1.29 is 9.59 Å². The molecule has 0 radical (unpaired) electrons. The number of hydrogen-bond donors (Lipinski definition) is 0. The Kier molecular flexibility index (Phi) is 4.41. The molecule has 25 heavy (non-hydrogen) atoms. The summed E-state index contributed by atoms with van der Waals surface area (Å²) in [7, 11) is 1.75. The van der Waals surface area contributed by atoms with E-state index in [1.165, 1.54) is 33.5 Å². The summed E-state index contributed by atoms with van der Waals surface area (Å²) in [6.07, 6.45) is 4.95. The lowest BCUT2D eigenvalue weighted by Crippen LogP contribution is -2.31. The highest BCUT2D eigenvalue weighted by Gasteiger charge is 2.28. The standard InChI is InChI=1S/C17H19N3O3S2/c1-19-16(23)14-10-4-2-3-5-11(10)25-15(14)18-17(19)24-9-8-20-12(21)6-7-13(20)22/h2-9H2,1H3. The first kappa shape index (κ1) is 16.8. The van der Waals surface area contributed by atoms with Crippen LogP contribution in [0, 0.1) is 0 Å². The first-order valence-electron chi connectivity index (χ1n) is 8.53. The Balaban J connectivity index is 1.58. The van der Waals surface area contributed by atoms with Crippen molar-refractivity contribution in [2.75, 3.05) is 12.3 Å². The fraction of sp³-hybridized carbons (Fsp3) is 0.529. The molecule has 2 aromatic heterocycles. The van der Waals surface area contributed by atoms with Gasteiger partial charge in [0.15, 0.2) is 5.16 Å². The second-order valence-corrected chi connectivity index (χ2v) is 8.58. The number of carbonyl (C=O) groups is 2. The van der Waals surface area contributed by atoms with E-state index < -0.39 is 0 Å². The lowest BCUT2D eigenvalue weighted by atomic mass is 9.97. The van der Waals surface area contributed by atoms with Crippen molar-refractivity contribution >= 4 is 45.1 Å². The smallest absolute Gasteiger partial charge is 0.262 e. The van der Waals surface area contributed by atoms with Gasteiger partial charge >= 0.3 is 0 Å². The van der Waals surface area contributed by atoms with Crippen molar-refractivity contribution in [3.63, 3.8) is 0 Å². The SMILES string of the molecule is Cn1c(SCCN2C(=O)CCC2=O)nc2sc3c(c2c1=O)CCCC3. The number of aromatic nitrogens is 2. The molecule has 132 valence electrons. The van der Waals surface area contributed by atoms with Crippen LogP contribution in [-0.4, -0.2) is 38.6 Å². The largest absolute Gasteiger partial charge is 0.290 e. The average Bonchev–Trinajstić information content (AvgIpc) is 3.13. The number of imide groups is 1. The fourth-order valence-electron chi connectivity index (χ4n) is 3.50. The molecule has 1 saturated heterocycles. The molecule has 3 heterocycles. The normalized spacial score (nSPS) is 17.6. The number of hydrogen-bond acceptors (Lipinski definition) is 6. The van der Waals surface area contributed by atoms with E-state index in [9.17, 15) is 14.4 Å². The lowest BCUT2D eigenvalue weighted by molar-refractivity contribution is -0.137. The molecule has 8 heteroatoms. The number of amides is 2. The number of fused-ring (bicyclic) bond motifs is 3. The molecular formula is C17H19N3O3S2. The average molecular weight is 377 g/mol. The predicted molar refractivity (Wildman–Crippen MR) is 98.2 cm³/mol. The maximum absolute atomic E-state index is 12.8. The summed E-state index contributed by atoms with van der Waals surface area (Å²) in [5, 5.41) is 1.44. The summed E-state index contributed by atoms with van der Waals surface area (Å²) >= 11 is 3.07. The third kappa shape index (κ3) is 2.91. The van der Waals surface area contributed by atoms with Crippen molar-refractivity contribution in [3.05, 3.63) is 20.8 Å². The summed E-state index contributed by atoms with van der Waals surface area (Å²) in [6.45, 7) is 0.372. The van der Waals surface area contributed by atoms with Gasteiger partial charge in [-0.25, -0.2) is 4.98 Å². The van der Waals surface area contributed by atoms with E-state index in [2.05, 4.69) is 0 Å². The van der Waals surface area contributed by atoms with E-state index >= 15 is 0 Å². The Labute approximate surface area is 153 Å². The molecule has 0 N–H and O–H groups in total. The van der Waals surface area contributed by atoms with Gasteiger partial charge in [0, 0.05) is 37.1 Å². The lowest BCUT2D eigenvalue weighted by Gasteiger charge is -2.14. The molecule has 1 fully saturated rings. The van der Waals surface area contributed by atoms with Gasteiger partial charge in [0.1, 0.15) is 4.83 Å². The van der Waals surface area contributed by atoms with Crippen LogP contribution in [-0.2, 0) is 29.5 Å². The van der Waals surface area contributed by atoms with Crippen LogP contribution in [0.2, 0.25) is 0 Å². The molecule has 6 nitrogen and oxygen atoms in total. The first-order valence-corrected chi connectivity index (χ1v) is 10.3. The minimum absolute atomic E-state index is 0.0141. The monoisotopic (exact) mass is 377 g/mol. The zero-order valence-corrected chi connectivity index (χ0v) is 15.7. The van der Waals surface area contributed by atoms with Gasteiger partial charge in [0.25, 0.3) is 5.56 Å². The van der Waals surface area contributed by atoms with E-state index in [1.807, 2.05) is 0 Å². The van der Waals surface area contributed by atoms with Gasteiger partial charge in [-0.15, -0.1) is 11.3 Å². The number of thioether (sulfide) groups is 1. The topological polar surface area (TPSA) is 72.3 Å². The molecule has 2 amide bonds. The second kappa shape index (κ2) is 6.57. The molecule has 1 aliphatic heterocycles. The third-order valence-electron chi connectivity index (χ3n) is 4.86. The Hall–Kier alpha value is -1.67. The molecule has 0 spiro atoms. The Morgan fingerprint density at radius 2 is 1.80 bits per heavy atom. The molecule has 0 unspecified atom stereocenters. The summed E-state index contributed by atoms with van der Waals surface area (Å²) < 4.78 is 1.60. The quantitative estimate of drug-likeness (QED) is 0.464. The Morgan fingerprint density at radius 1 is 1.08 bits per heavy atom. The highest BCUT2D eigenvalue weighted by molar-refractivity contribution is 7.99. The predicted octanol–water partition coefficient (Wildman–Crippen LogP) is 2.11. The summed E-state index contributed by atoms with van der Waals surface area (Å²) in [5.41, 5.74) is 1.21. The number of nitrogens with zero attached hydrogens (tertiary/aromatic N) is 3. The molecule has 4 rings (SSSR count). The minimum atomic E-state index is -0.103. The summed E-state index contributed by atoms with van der Waals surface area (Å²) in [5.74, 6) is 0.344. The van der Waals surface area contributed by atoms with Crippen molar-refractivity contribution in [2.24, 2.45) is 7.05 Å². The molecule has 2 aliphatic rings. The maximum Gasteiger partial charge on any atom is 0.262 e. The second-order valence-electron chi connectivity index (χ2n) is 6.44. The number of thiophene rings is 1.